The molecule has 0 amide bonds. The Hall–Kier alpha value is -1.06. The molecule has 21 heavy (non-hydrogen) atoms. The summed E-state index contributed by atoms with van der Waals surface area (Å²) in [4.78, 5) is 0. The van der Waals surface area contributed by atoms with Crippen LogP contribution in [-0.2, 0) is 4.74 Å². The first kappa shape index (κ1) is 16.3. The highest BCUT2D eigenvalue weighted by molar-refractivity contribution is 5.30. The highest BCUT2D eigenvalue weighted by atomic mass is 16.5. The smallest absolute Gasteiger partial charge is 0.119 e. The molecular formula is C18H29NO2. The average molecular weight is 291 g/mol. The molecule has 0 spiro atoms. The Morgan fingerprint density at radius 2 is 2.10 bits per heavy atom. The number of benzene rings is 1. The van der Waals surface area contributed by atoms with Gasteiger partial charge >= 0.3 is 0 Å². The van der Waals surface area contributed by atoms with Crippen molar-refractivity contribution < 1.29 is 9.47 Å². The third-order valence-corrected chi connectivity index (χ3v) is 4.12. The lowest BCUT2D eigenvalue weighted by Gasteiger charge is -2.28. The van der Waals surface area contributed by atoms with Gasteiger partial charge < -0.3 is 14.8 Å². The fraction of sp³-hybridized carbons (Fsp3) is 0.667. The van der Waals surface area contributed by atoms with Crippen LogP contribution in [0.4, 0.5) is 0 Å². The standard InChI is InChI=1S/C18H29NO2/c1-3-10-19-18(13-15-8-11-20-12-9-15)16-6-5-7-17(14-16)21-4-2/h5-7,14-15,18-19H,3-4,8-13H2,1-2H3. The number of nitrogens with one attached hydrogen (secondary N) is 1. The quantitative estimate of drug-likeness (QED) is 0.787. The van der Waals surface area contributed by atoms with Crippen molar-refractivity contribution in [3.63, 3.8) is 0 Å². The molecule has 2 rings (SSSR count). The maximum Gasteiger partial charge on any atom is 0.119 e. The van der Waals surface area contributed by atoms with E-state index in [1.165, 1.54) is 24.8 Å². The molecule has 3 heteroatoms. The van der Waals surface area contributed by atoms with Gasteiger partial charge in [-0.1, -0.05) is 19.1 Å². The van der Waals surface area contributed by atoms with E-state index in [0.717, 1.165) is 44.5 Å². The Bertz CT molecular complexity index is 402. The molecule has 1 unspecified atom stereocenters. The van der Waals surface area contributed by atoms with E-state index in [2.05, 4.69) is 30.4 Å². The van der Waals surface area contributed by atoms with Crippen molar-refractivity contribution in [2.75, 3.05) is 26.4 Å². The van der Waals surface area contributed by atoms with Crippen LogP contribution in [0.5, 0.6) is 5.75 Å². The molecule has 0 saturated carbocycles. The summed E-state index contributed by atoms with van der Waals surface area (Å²) in [6, 6.07) is 8.97. The minimum absolute atomic E-state index is 0.424. The second-order valence-corrected chi connectivity index (χ2v) is 5.80. The number of rotatable bonds is 8. The summed E-state index contributed by atoms with van der Waals surface area (Å²) in [5.41, 5.74) is 1.35. The third-order valence-electron chi connectivity index (χ3n) is 4.12. The van der Waals surface area contributed by atoms with E-state index in [1.807, 2.05) is 13.0 Å². The highest BCUT2D eigenvalue weighted by Crippen LogP contribution is 2.29. The molecule has 1 aromatic carbocycles. The van der Waals surface area contributed by atoms with Gasteiger partial charge in [0.15, 0.2) is 0 Å². The molecule has 1 N–H and O–H groups in total. The number of hydrogen-bond acceptors (Lipinski definition) is 3. The molecular weight excluding hydrogens is 262 g/mol. The first-order valence-corrected chi connectivity index (χ1v) is 8.37. The van der Waals surface area contributed by atoms with Crippen molar-refractivity contribution in [1.29, 1.82) is 0 Å². The van der Waals surface area contributed by atoms with Crippen LogP contribution in [0.2, 0.25) is 0 Å². The van der Waals surface area contributed by atoms with Crippen LogP contribution in [-0.4, -0.2) is 26.4 Å². The van der Waals surface area contributed by atoms with Gasteiger partial charge in [-0.3, -0.25) is 0 Å². The topological polar surface area (TPSA) is 30.5 Å². The lowest BCUT2D eigenvalue weighted by Crippen LogP contribution is -2.27. The highest BCUT2D eigenvalue weighted by Gasteiger charge is 2.20. The van der Waals surface area contributed by atoms with Crippen molar-refractivity contribution in [2.24, 2.45) is 5.92 Å². The molecule has 1 atom stereocenters. The molecule has 1 aliphatic rings. The Labute approximate surface area is 129 Å². The first-order chi connectivity index (χ1) is 10.3. The van der Waals surface area contributed by atoms with Crippen molar-refractivity contribution >= 4 is 0 Å². The third kappa shape index (κ3) is 5.33. The summed E-state index contributed by atoms with van der Waals surface area (Å²) in [7, 11) is 0. The van der Waals surface area contributed by atoms with Crippen LogP contribution < -0.4 is 10.1 Å². The lowest BCUT2D eigenvalue weighted by atomic mass is 9.89. The molecule has 1 saturated heterocycles. The van der Waals surface area contributed by atoms with Gasteiger partial charge in [-0.2, -0.15) is 0 Å². The molecule has 1 fully saturated rings. The molecule has 0 aromatic heterocycles. The Morgan fingerprint density at radius 3 is 2.81 bits per heavy atom. The van der Waals surface area contributed by atoms with E-state index in [9.17, 15) is 0 Å². The lowest BCUT2D eigenvalue weighted by molar-refractivity contribution is 0.0605. The molecule has 118 valence electrons. The monoisotopic (exact) mass is 291 g/mol. The average Bonchev–Trinajstić information content (AvgIpc) is 2.53. The van der Waals surface area contributed by atoms with Crippen LogP contribution >= 0.6 is 0 Å². The summed E-state index contributed by atoms with van der Waals surface area (Å²) in [6.45, 7) is 7.87. The number of ether oxygens (including phenoxy) is 2. The van der Waals surface area contributed by atoms with E-state index in [-0.39, 0.29) is 0 Å². The van der Waals surface area contributed by atoms with E-state index < -0.39 is 0 Å². The Morgan fingerprint density at radius 1 is 1.29 bits per heavy atom. The fourth-order valence-electron chi connectivity index (χ4n) is 2.96. The summed E-state index contributed by atoms with van der Waals surface area (Å²) < 4.78 is 11.1. The minimum atomic E-state index is 0.424. The minimum Gasteiger partial charge on any atom is -0.494 e. The summed E-state index contributed by atoms with van der Waals surface area (Å²) in [5, 5.41) is 3.71. The maximum atomic E-state index is 5.64. The first-order valence-electron chi connectivity index (χ1n) is 8.37. The summed E-state index contributed by atoms with van der Waals surface area (Å²) in [5.74, 6) is 1.74. The van der Waals surface area contributed by atoms with E-state index in [0.29, 0.717) is 6.04 Å². The van der Waals surface area contributed by atoms with Gasteiger partial charge in [-0.05, 0) is 62.8 Å². The molecule has 0 radical (unpaired) electrons. The molecule has 1 aromatic rings. The second kappa shape index (κ2) is 9.06. The molecule has 0 aliphatic carbocycles. The maximum absolute atomic E-state index is 5.64. The van der Waals surface area contributed by atoms with E-state index >= 15 is 0 Å². The zero-order valence-corrected chi connectivity index (χ0v) is 13.4. The van der Waals surface area contributed by atoms with Crippen LogP contribution in [0.25, 0.3) is 0 Å². The second-order valence-electron chi connectivity index (χ2n) is 5.80. The number of hydrogen-bond donors (Lipinski definition) is 1. The van der Waals surface area contributed by atoms with Gasteiger partial charge in [-0.25, -0.2) is 0 Å². The summed E-state index contributed by atoms with van der Waals surface area (Å²) >= 11 is 0. The van der Waals surface area contributed by atoms with Crippen molar-refractivity contribution in [3.05, 3.63) is 29.8 Å². The zero-order valence-electron chi connectivity index (χ0n) is 13.4. The van der Waals surface area contributed by atoms with Gasteiger partial charge in [0.05, 0.1) is 6.61 Å². The molecule has 3 nitrogen and oxygen atoms in total. The normalized spacial score (nSPS) is 17.6. The molecule has 1 aliphatic heterocycles. The van der Waals surface area contributed by atoms with Crippen molar-refractivity contribution in [1.82, 2.24) is 5.32 Å². The fourth-order valence-corrected chi connectivity index (χ4v) is 2.96. The van der Waals surface area contributed by atoms with Gasteiger partial charge in [-0.15, -0.1) is 0 Å². The molecule has 1 heterocycles. The van der Waals surface area contributed by atoms with Crippen LogP contribution in [0, 0.1) is 5.92 Å². The Kier molecular flexibility index (Phi) is 7.04. The van der Waals surface area contributed by atoms with Crippen LogP contribution in [0.15, 0.2) is 24.3 Å². The predicted octanol–water partition coefficient (Wildman–Crippen LogP) is 3.94. The van der Waals surface area contributed by atoms with Gasteiger partial charge in [0, 0.05) is 19.3 Å². The van der Waals surface area contributed by atoms with Crippen LogP contribution in [0.1, 0.15) is 51.1 Å². The molecule has 0 bridgehead atoms. The zero-order chi connectivity index (χ0) is 14.9. The van der Waals surface area contributed by atoms with Crippen molar-refractivity contribution in [2.45, 2.75) is 45.6 Å². The Balaban J connectivity index is 2.04. The van der Waals surface area contributed by atoms with E-state index in [1.54, 1.807) is 0 Å². The summed E-state index contributed by atoms with van der Waals surface area (Å²) in [6.07, 6.45) is 4.74. The van der Waals surface area contributed by atoms with Crippen LogP contribution in [0.3, 0.4) is 0 Å². The predicted molar refractivity (Wildman–Crippen MR) is 86.8 cm³/mol. The van der Waals surface area contributed by atoms with E-state index in [4.69, 9.17) is 9.47 Å². The SMILES string of the molecule is CCCNC(CC1CCOCC1)c1cccc(OCC)c1. The van der Waals surface area contributed by atoms with Gasteiger partial charge in [0.1, 0.15) is 5.75 Å². The van der Waals surface area contributed by atoms with Crippen molar-refractivity contribution in [3.8, 4) is 5.75 Å². The van der Waals surface area contributed by atoms with Gasteiger partial charge in [0.25, 0.3) is 0 Å². The largest absolute Gasteiger partial charge is 0.494 e. The van der Waals surface area contributed by atoms with Gasteiger partial charge in [0.2, 0.25) is 0 Å².